The molecule has 0 bridgehead atoms. The van der Waals surface area contributed by atoms with E-state index >= 15 is 0 Å². The number of nitrogens with two attached hydrogens (primary N) is 1. The quantitative estimate of drug-likeness (QED) is 0.749. The smallest absolute Gasteiger partial charge is 0.181 e. The third-order valence-corrected chi connectivity index (χ3v) is 2.95. The molecule has 0 unspecified atom stereocenters. The Morgan fingerprint density at radius 3 is 2.63 bits per heavy atom. The summed E-state index contributed by atoms with van der Waals surface area (Å²) in [5.74, 6) is 1.60. The molecule has 7 heteroatoms. The van der Waals surface area contributed by atoms with E-state index in [1.165, 1.54) is 0 Å². The van der Waals surface area contributed by atoms with Crippen LogP contribution < -0.4 is 5.73 Å². The number of nitrogens with one attached hydrogen (secondary N) is 1. The Hall–Kier alpha value is -2.34. The zero-order valence-electron chi connectivity index (χ0n) is 10.1. The summed E-state index contributed by atoms with van der Waals surface area (Å²) in [6, 6.07) is 7.32. The van der Waals surface area contributed by atoms with Gasteiger partial charge in [-0.15, -0.1) is 0 Å². The van der Waals surface area contributed by atoms with E-state index in [2.05, 4.69) is 20.3 Å². The first-order valence-electron chi connectivity index (χ1n) is 5.61. The maximum absolute atomic E-state index is 5.85. The number of aromatic nitrogens is 5. The zero-order valence-corrected chi connectivity index (χ0v) is 10.9. The van der Waals surface area contributed by atoms with Crippen LogP contribution in [0, 0.1) is 0 Å². The number of halogens is 1. The minimum atomic E-state index is 0.418. The molecule has 3 rings (SSSR count). The lowest BCUT2D eigenvalue weighted by molar-refractivity contribution is 0.772. The standard InChI is InChI=1S/C12H11ClN6/c1-19-6-9(10(14)18-19)12-15-11(16-17-12)7-2-4-8(13)5-3-7/h2-6H,1H3,(H2,14,18)(H,15,16,17). The molecule has 0 aliphatic rings. The number of H-pyrrole nitrogens is 1. The Morgan fingerprint density at radius 1 is 1.26 bits per heavy atom. The molecular weight excluding hydrogens is 264 g/mol. The Bertz CT molecular complexity index is 712. The second-order valence-electron chi connectivity index (χ2n) is 4.12. The average Bonchev–Trinajstić information content (AvgIpc) is 2.97. The van der Waals surface area contributed by atoms with Crippen LogP contribution in [0.3, 0.4) is 0 Å². The van der Waals surface area contributed by atoms with Crippen LogP contribution in [0.25, 0.3) is 22.8 Å². The Labute approximate surface area is 114 Å². The third kappa shape index (κ3) is 2.17. The van der Waals surface area contributed by atoms with Gasteiger partial charge < -0.3 is 5.73 Å². The van der Waals surface area contributed by atoms with Crippen molar-refractivity contribution in [1.82, 2.24) is 25.0 Å². The van der Waals surface area contributed by atoms with Crippen LogP contribution in [0.1, 0.15) is 0 Å². The number of nitrogen functional groups attached to an aromatic ring is 1. The van der Waals surface area contributed by atoms with Crippen molar-refractivity contribution < 1.29 is 0 Å². The number of hydrogen-bond donors (Lipinski definition) is 2. The summed E-state index contributed by atoms with van der Waals surface area (Å²) in [6.45, 7) is 0. The fraction of sp³-hybridized carbons (Fsp3) is 0.0833. The topological polar surface area (TPSA) is 85.4 Å². The van der Waals surface area contributed by atoms with Crippen LogP contribution in [-0.2, 0) is 7.05 Å². The van der Waals surface area contributed by atoms with E-state index in [4.69, 9.17) is 17.3 Å². The Morgan fingerprint density at radius 2 is 2.00 bits per heavy atom. The largest absolute Gasteiger partial charge is 0.382 e. The first-order valence-corrected chi connectivity index (χ1v) is 5.99. The van der Waals surface area contributed by atoms with Crippen LogP contribution in [0.15, 0.2) is 30.5 Å². The number of benzene rings is 1. The number of aryl methyl sites for hydroxylation is 1. The highest BCUT2D eigenvalue weighted by Crippen LogP contribution is 2.24. The number of aromatic amines is 1. The fourth-order valence-electron chi connectivity index (χ4n) is 1.80. The maximum atomic E-state index is 5.85. The second kappa shape index (κ2) is 4.40. The van der Waals surface area contributed by atoms with Gasteiger partial charge >= 0.3 is 0 Å². The van der Waals surface area contributed by atoms with E-state index in [1.54, 1.807) is 30.1 Å². The predicted octanol–water partition coefficient (Wildman–Crippen LogP) is 2.11. The fourth-order valence-corrected chi connectivity index (χ4v) is 1.92. The molecule has 0 radical (unpaired) electrons. The van der Waals surface area contributed by atoms with E-state index in [0.29, 0.717) is 22.5 Å². The first kappa shape index (κ1) is 11.7. The third-order valence-electron chi connectivity index (χ3n) is 2.70. The van der Waals surface area contributed by atoms with Crippen LogP contribution >= 0.6 is 11.6 Å². The molecule has 3 aromatic rings. The van der Waals surface area contributed by atoms with Gasteiger partial charge in [0.15, 0.2) is 17.5 Å². The van der Waals surface area contributed by atoms with Crippen LogP contribution in [0.5, 0.6) is 0 Å². The van der Waals surface area contributed by atoms with Crippen molar-refractivity contribution in [3.8, 4) is 22.8 Å². The molecule has 2 heterocycles. The molecule has 2 aromatic heterocycles. The summed E-state index contributed by atoms with van der Waals surface area (Å²) in [7, 11) is 1.80. The maximum Gasteiger partial charge on any atom is 0.181 e. The van der Waals surface area contributed by atoms with Gasteiger partial charge in [-0.25, -0.2) is 4.98 Å². The average molecular weight is 275 g/mol. The van der Waals surface area contributed by atoms with Crippen molar-refractivity contribution in [2.24, 2.45) is 7.05 Å². The SMILES string of the molecule is Cn1cc(-c2nc(-c3ccc(Cl)cc3)n[nH]2)c(N)n1. The molecule has 0 spiro atoms. The van der Waals surface area contributed by atoms with Gasteiger partial charge in [0.25, 0.3) is 0 Å². The monoisotopic (exact) mass is 274 g/mol. The van der Waals surface area contributed by atoms with Gasteiger partial charge in [-0.2, -0.15) is 10.2 Å². The lowest BCUT2D eigenvalue weighted by Gasteiger charge is -1.94. The molecule has 0 aliphatic heterocycles. The van der Waals surface area contributed by atoms with Crippen molar-refractivity contribution in [3.05, 3.63) is 35.5 Å². The normalized spacial score (nSPS) is 10.8. The molecule has 0 fully saturated rings. The molecule has 6 nitrogen and oxygen atoms in total. The molecule has 19 heavy (non-hydrogen) atoms. The lowest BCUT2D eigenvalue weighted by Crippen LogP contribution is -1.91. The minimum absolute atomic E-state index is 0.418. The highest BCUT2D eigenvalue weighted by Gasteiger charge is 2.12. The van der Waals surface area contributed by atoms with E-state index < -0.39 is 0 Å². The van der Waals surface area contributed by atoms with Gasteiger partial charge in [-0.3, -0.25) is 9.78 Å². The Kier molecular flexibility index (Phi) is 2.72. The summed E-state index contributed by atoms with van der Waals surface area (Å²) in [4.78, 5) is 4.41. The summed E-state index contributed by atoms with van der Waals surface area (Å²) in [6.07, 6.45) is 1.79. The first-order chi connectivity index (χ1) is 9.13. The van der Waals surface area contributed by atoms with E-state index in [1.807, 2.05) is 12.1 Å². The van der Waals surface area contributed by atoms with E-state index in [0.717, 1.165) is 11.1 Å². The molecule has 0 saturated heterocycles. The number of rotatable bonds is 2. The number of anilines is 1. The van der Waals surface area contributed by atoms with Crippen LogP contribution in [0.4, 0.5) is 5.82 Å². The van der Waals surface area contributed by atoms with Gasteiger partial charge in [-0.1, -0.05) is 11.6 Å². The van der Waals surface area contributed by atoms with Crippen molar-refractivity contribution >= 4 is 17.4 Å². The molecular formula is C12H11ClN6. The Balaban J connectivity index is 1.99. The van der Waals surface area contributed by atoms with Crippen LogP contribution in [0.2, 0.25) is 5.02 Å². The lowest BCUT2D eigenvalue weighted by atomic mass is 10.2. The van der Waals surface area contributed by atoms with Crippen molar-refractivity contribution in [1.29, 1.82) is 0 Å². The minimum Gasteiger partial charge on any atom is -0.382 e. The molecule has 96 valence electrons. The summed E-state index contributed by atoms with van der Waals surface area (Å²) in [5, 5.41) is 11.8. The van der Waals surface area contributed by atoms with Crippen molar-refractivity contribution in [2.45, 2.75) is 0 Å². The summed E-state index contributed by atoms with van der Waals surface area (Å²) >= 11 is 5.85. The molecule has 0 amide bonds. The summed E-state index contributed by atoms with van der Waals surface area (Å²) in [5.41, 5.74) is 7.42. The van der Waals surface area contributed by atoms with Gasteiger partial charge in [-0.05, 0) is 24.3 Å². The van der Waals surface area contributed by atoms with Gasteiger partial charge in [0.05, 0.1) is 5.56 Å². The number of hydrogen-bond acceptors (Lipinski definition) is 4. The van der Waals surface area contributed by atoms with Crippen molar-refractivity contribution in [3.63, 3.8) is 0 Å². The predicted molar refractivity (Wildman–Crippen MR) is 73.4 cm³/mol. The van der Waals surface area contributed by atoms with Crippen LogP contribution in [-0.4, -0.2) is 25.0 Å². The van der Waals surface area contributed by atoms with Crippen molar-refractivity contribution in [2.75, 3.05) is 5.73 Å². The molecule has 3 N–H and O–H groups in total. The zero-order chi connectivity index (χ0) is 13.4. The molecule has 0 aliphatic carbocycles. The molecule has 1 aromatic carbocycles. The highest BCUT2D eigenvalue weighted by molar-refractivity contribution is 6.30. The van der Waals surface area contributed by atoms with Gasteiger partial charge in [0.2, 0.25) is 0 Å². The second-order valence-corrected chi connectivity index (χ2v) is 4.55. The van der Waals surface area contributed by atoms with Gasteiger partial charge in [0.1, 0.15) is 0 Å². The van der Waals surface area contributed by atoms with Gasteiger partial charge in [0, 0.05) is 23.8 Å². The highest BCUT2D eigenvalue weighted by atomic mass is 35.5. The molecule has 0 saturated carbocycles. The van der Waals surface area contributed by atoms with E-state index in [9.17, 15) is 0 Å². The molecule has 0 atom stereocenters. The number of nitrogens with zero attached hydrogens (tertiary/aromatic N) is 4. The van der Waals surface area contributed by atoms with E-state index in [-0.39, 0.29) is 0 Å². The summed E-state index contributed by atoms with van der Waals surface area (Å²) < 4.78 is 1.63.